The Balaban J connectivity index is 1.65. The van der Waals surface area contributed by atoms with Gasteiger partial charge in [-0.05, 0) is 57.0 Å². The van der Waals surface area contributed by atoms with Gasteiger partial charge >= 0.3 is 12.5 Å². The highest BCUT2D eigenvalue weighted by atomic mass is 19.4. The second-order valence-corrected chi connectivity index (χ2v) is 7.46. The third kappa shape index (κ3) is 5.72. The summed E-state index contributed by atoms with van der Waals surface area (Å²) in [6, 6.07) is 5.34. The van der Waals surface area contributed by atoms with Gasteiger partial charge in [-0.2, -0.15) is 0 Å². The molecule has 0 atom stereocenters. The molecular formula is C19H21F3N4O3. The van der Waals surface area contributed by atoms with E-state index in [4.69, 9.17) is 4.74 Å². The molecule has 1 aromatic heterocycles. The minimum absolute atomic E-state index is 0.307. The van der Waals surface area contributed by atoms with Crippen LogP contribution in [0.1, 0.15) is 33.0 Å². The zero-order valence-corrected chi connectivity index (χ0v) is 16.2. The Morgan fingerprint density at radius 3 is 2.38 bits per heavy atom. The lowest BCUT2D eigenvalue weighted by Gasteiger charge is -2.29. The van der Waals surface area contributed by atoms with E-state index in [-0.39, 0.29) is 11.8 Å². The topological polar surface area (TPSA) is 69.5 Å². The van der Waals surface area contributed by atoms with Crippen LogP contribution in [0.15, 0.2) is 36.7 Å². The summed E-state index contributed by atoms with van der Waals surface area (Å²) in [5.74, 6) is 0.197. The van der Waals surface area contributed by atoms with E-state index in [9.17, 15) is 18.0 Å². The van der Waals surface area contributed by atoms with Gasteiger partial charge in [-0.25, -0.2) is 14.5 Å². The number of nitrogens with zero attached hydrogens (tertiary/aromatic N) is 4. The summed E-state index contributed by atoms with van der Waals surface area (Å²) in [5, 5.41) is 4.38. The molecule has 1 aromatic carbocycles. The molecule has 1 aliphatic rings. The van der Waals surface area contributed by atoms with Crippen molar-refractivity contribution in [1.82, 2.24) is 19.7 Å². The molecule has 156 valence electrons. The fourth-order valence-corrected chi connectivity index (χ4v) is 2.70. The minimum Gasteiger partial charge on any atom is -0.444 e. The van der Waals surface area contributed by atoms with Gasteiger partial charge in [-0.1, -0.05) is 6.08 Å². The van der Waals surface area contributed by atoms with Crippen LogP contribution in [-0.4, -0.2) is 50.8 Å². The van der Waals surface area contributed by atoms with Crippen molar-refractivity contribution in [3.63, 3.8) is 0 Å². The molecule has 0 unspecified atom stereocenters. The van der Waals surface area contributed by atoms with Gasteiger partial charge in [0.15, 0.2) is 5.82 Å². The third-order valence-corrected chi connectivity index (χ3v) is 3.97. The maximum Gasteiger partial charge on any atom is 0.573 e. The fourth-order valence-electron chi connectivity index (χ4n) is 2.70. The van der Waals surface area contributed by atoms with E-state index < -0.39 is 12.0 Å². The van der Waals surface area contributed by atoms with Crippen LogP contribution in [0.25, 0.3) is 11.3 Å². The standard InChI is InChI=1S/C19H21F3N4O3/c1-18(2,3)29-17(27)25-10-8-13(9-11-25)16-23-12-26(24-16)14-4-6-15(7-5-14)28-19(20,21)22/h4-8,12H,9-11H2,1-3H3. The Kier molecular flexibility index (Phi) is 5.54. The van der Waals surface area contributed by atoms with Gasteiger partial charge in [-0.3, -0.25) is 0 Å². The van der Waals surface area contributed by atoms with Crippen molar-refractivity contribution in [2.75, 3.05) is 13.1 Å². The van der Waals surface area contributed by atoms with Gasteiger partial charge in [0.2, 0.25) is 0 Å². The summed E-state index contributed by atoms with van der Waals surface area (Å²) in [6.45, 7) is 6.32. The number of amides is 1. The van der Waals surface area contributed by atoms with Crippen molar-refractivity contribution in [3.8, 4) is 11.4 Å². The summed E-state index contributed by atoms with van der Waals surface area (Å²) in [7, 11) is 0. The summed E-state index contributed by atoms with van der Waals surface area (Å²) in [6.07, 6.45) is -1.18. The Labute approximate surface area is 165 Å². The van der Waals surface area contributed by atoms with Crippen LogP contribution in [0.4, 0.5) is 18.0 Å². The van der Waals surface area contributed by atoms with E-state index in [1.54, 1.807) is 4.90 Å². The minimum atomic E-state index is -4.73. The summed E-state index contributed by atoms with van der Waals surface area (Å²) < 4.78 is 47.4. The predicted octanol–water partition coefficient (Wildman–Crippen LogP) is 4.19. The molecular weight excluding hydrogens is 389 g/mol. The van der Waals surface area contributed by atoms with E-state index in [1.165, 1.54) is 35.3 Å². The molecule has 0 saturated carbocycles. The molecule has 0 spiro atoms. The smallest absolute Gasteiger partial charge is 0.444 e. The second-order valence-electron chi connectivity index (χ2n) is 7.46. The van der Waals surface area contributed by atoms with Crippen molar-refractivity contribution < 1.29 is 27.4 Å². The number of benzene rings is 1. The number of rotatable bonds is 3. The highest BCUT2D eigenvalue weighted by Gasteiger charge is 2.31. The molecule has 2 heterocycles. The molecule has 3 rings (SSSR count). The molecule has 0 bridgehead atoms. The first-order chi connectivity index (χ1) is 13.5. The molecule has 29 heavy (non-hydrogen) atoms. The summed E-state index contributed by atoms with van der Waals surface area (Å²) >= 11 is 0. The first-order valence-electron chi connectivity index (χ1n) is 8.95. The number of alkyl halides is 3. The predicted molar refractivity (Wildman–Crippen MR) is 98.4 cm³/mol. The Bertz CT molecular complexity index is 899. The molecule has 1 aliphatic heterocycles. The monoisotopic (exact) mass is 410 g/mol. The van der Waals surface area contributed by atoms with Gasteiger partial charge in [0, 0.05) is 13.1 Å². The fraction of sp³-hybridized carbons (Fsp3) is 0.421. The molecule has 0 fully saturated rings. The molecule has 0 aliphatic carbocycles. The first-order valence-corrected chi connectivity index (χ1v) is 8.95. The van der Waals surface area contributed by atoms with Crippen LogP contribution in [0.3, 0.4) is 0 Å². The van der Waals surface area contributed by atoms with E-state index in [1.807, 2.05) is 26.8 Å². The SMILES string of the molecule is CC(C)(C)OC(=O)N1CC=C(c2ncn(-c3ccc(OC(F)(F)F)cc3)n2)CC1. The normalized spacial score (nSPS) is 15.1. The molecule has 7 nitrogen and oxygen atoms in total. The van der Waals surface area contributed by atoms with Crippen molar-refractivity contribution in [2.45, 2.75) is 39.2 Å². The van der Waals surface area contributed by atoms with Crippen LogP contribution in [-0.2, 0) is 4.74 Å². The molecule has 10 heteroatoms. The van der Waals surface area contributed by atoms with Crippen LogP contribution >= 0.6 is 0 Å². The maximum atomic E-state index is 12.2. The van der Waals surface area contributed by atoms with Crippen LogP contribution in [0.5, 0.6) is 5.75 Å². The van der Waals surface area contributed by atoms with Crippen LogP contribution in [0, 0.1) is 0 Å². The summed E-state index contributed by atoms with van der Waals surface area (Å²) in [5.41, 5.74) is 0.882. The summed E-state index contributed by atoms with van der Waals surface area (Å²) in [4.78, 5) is 18.0. The maximum absolute atomic E-state index is 12.2. The number of halogens is 3. The van der Waals surface area contributed by atoms with Crippen LogP contribution in [0.2, 0.25) is 0 Å². The van der Waals surface area contributed by atoms with Crippen molar-refractivity contribution >= 4 is 11.7 Å². The largest absolute Gasteiger partial charge is 0.573 e. The Morgan fingerprint density at radius 1 is 1.14 bits per heavy atom. The second kappa shape index (κ2) is 7.76. The van der Waals surface area contributed by atoms with Gasteiger partial charge in [-0.15, -0.1) is 18.3 Å². The van der Waals surface area contributed by atoms with Gasteiger partial charge in [0.25, 0.3) is 0 Å². The highest BCUT2D eigenvalue weighted by molar-refractivity contribution is 5.71. The molecule has 0 saturated heterocycles. The molecule has 2 aromatic rings. The zero-order valence-electron chi connectivity index (χ0n) is 16.2. The third-order valence-electron chi connectivity index (χ3n) is 3.97. The Hall–Kier alpha value is -3.04. The van der Waals surface area contributed by atoms with Gasteiger partial charge in [0.1, 0.15) is 17.7 Å². The van der Waals surface area contributed by atoms with Crippen LogP contribution < -0.4 is 4.74 Å². The van der Waals surface area contributed by atoms with E-state index in [0.717, 1.165) is 5.57 Å². The van der Waals surface area contributed by atoms with Gasteiger partial charge in [0.05, 0.1) is 5.69 Å². The zero-order chi connectivity index (χ0) is 21.2. The average molecular weight is 410 g/mol. The number of ether oxygens (including phenoxy) is 2. The quantitative estimate of drug-likeness (QED) is 0.759. The number of hydrogen-bond donors (Lipinski definition) is 0. The first kappa shape index (κ1) is 20.7. The average Bonchev–Trinajstić information content (AvgIpc) is 3.10. The molecule has 0 N–H and O–H groups in total. The van der Waals surface area contributed by atoms with Crippen molar-refractivity contribution in [3.05, 3.63) is 42.5 Å². The van der Waals surface area contributed by atoms with Crippen molar-refractivity contribution in [1.29, 1.82) is 0 Å². The highest BCUT2D eigenvalue weighted by Crippen LogP contribution is 2.24. The Morgan fingerprint density at radius 2 is 1.83 bits per heavy atom. The lowest BCUT2D eigenvalue weighted by atomic mass is 10.1. The molecule has 1 amide bonds. The lowest BCUT2D eigenvalue weighted by Crippen LogP contribution is -2.39. The number of hydrogen-bond acceptors (Lipinski definition) is 5. The van der Waals surface area contributed by atoms with E-state index in [0.29, 0.717) is 31.0 Å². The van der Waals surface area contributed by atoms with Gasteiger partial charge < -0.3 is 14.4 Å². The molecule has 0 radical (unpaired) electrons. The number of carbonyl (C=O) groups is 1. The number of carbonyl (C=O) groups excluding carboxylic acids is 1. The van der Waals surface area contributed by atoms with E-state index >= 15 is 0 Å². The number of aromatic nitrogens is 3. The van der Waals surface area contributed by atoms with Crippen molar-refractivity contribution in [2.24, 2.45) is 0 Å². The lowest BCUT2D eigenvalue weighted by molar-refractivity contribution is -0.274. The van der Waals surface area contributed by atoms with E-state index in [2.05, 4.69) is 14.8 Å².